The minimum absolute atomic E-state index is 0.0413. The van der Waals surface area contributed by atoms with E-state index in [-0.39, 0.29) is 18.2 Å². The molecule has 0 radical (unpaired) electrons. The van der Waals surface area contributed by atoms with Crippen molar-refractivity contribution in [3.63, 3.8) is 0 Å². The maximum absolute atomic E-state index is 13.3. The monoisotopic (exact) mass is 441 g/mol. The summed E-state index contributed by atoms with van der Waals surface area (Å²) in [6.45, 7) is 10.2. The molecule has 7 nitrogen and oxygen atoms in total. The van der Waals surface area contributed by atoms with E-state index in [0.29, 0.717) is 23.5 Å². The van der Waals surface area contributed by atoms with Gasteiger partial charge in [0.2, 0.25) is 5.91 Å². The van der Waals surface area contributed by atoms with Gasteiger partial charge in [0.05, 0.1) is 18.7 Å². The van der Waals surface area contributed by atoms with Crippen molar-refractivity contribution < 1.29 is 19.4 Å². The van der Waals surface area contributed by atoms with E-state index in [0.717, 1.165) is 11.4 Å². The number of aromatic nitrogens is 1. The fourth-order valence-electron chi connectivity index (χ4n) is 3.47. The lowest BCUT2D eigenvalue weighted by atomic mass is 9.90. The molecule has 0 saturated carbocycles. The average molecular weight is 442 g/mol. The summed E-state index contributed by atoms with van der Waals surface area (Å²) in [6, 6.07) is 8.96. The Morgan fingerprint density at radius 1 is 1.19 bits per heavy atom. The Morgan fingerprint density at radius 2 is 1.88 bits per heavy atom. The number of methoxy groups -OCH3 is 1. The number of carbonyl (C=O) groups is 2. The van der Waals surface area contributed by atoms with Crippen LogP contribution in [0, 0.1) is 11.3 Å². The number of amides is 1. The van der Waals surface area contributed by atoms with E-state index in [1.165, 1.54) is 0 Å². The molecule has 1 aromatic heterocycles. The molecule has 0 aliphatic rings. The number of pyridine rings is 1. The summed E-state index contributed by atoms with van der Waals surface area (Å²) in [7, 11) is 3.33. The smallest absolute Gasteiger partial charge is 0.311 e. The normalized spacial score (nSPS) is 12.4. The van der Waals surface area contributed by atoms with Crippen LogP contribution in [0.5, 0.6) is 5.75 Å². The number of anilines is 2. The molecular formula is C25H35N3O4. The first-order chi connectivity index (χ1) is 15.0. The van der Waals surface area contributed by atoms with Gasteiger partial charge >= 0.3 is 5.97 Å². The first-order valence-electron chi connectivity index (χ1n) is 10.8. The van der Waals surface area contributed by atoms with Gasteiger partial charge in [-0.15, -0.1) is 0 Å². The summed E-state index contributed by atoms with van der Waals surface area (Å²) in [5.74, 6) is -0.278. The minimum Gasteiger partial charge on any atom is -0.495 e. The molecule has 0 spiro atoms. The largest absolute Gasteiger partial charge is 0.495 e. The van der Waals surface area contributed by atoms with Gasteiger partial charge in [0, 0.05) is 25.2 Å². The molecule has 2 N–H and O–H groups in total. The van der Waals surface area contributed by atoms with Crippen molar-refractivity contribution in [1.82, 2.24) is 4.98 Å². The van der Waals surface area contributed by atoms with Gasteiger partial charge in [-0.25, -0.2) is 4.98 Å². The quantitative estimate of drug-likeness (QED) is 0.592. The number of carbonyl (C=O) groups excluding carboxylic acids is 1. The second kappa shape index (κ2) is 10.5. The number of nitrogens with one attached hydrogen (secondary N) is 1. The van der Waals surface area contributed by atoms with E-state index in [1.54, 1.807) is 43.5 Å². The maximum Gasteiger partial charge on any atom is 0.311 e. The van der Waals surface area contributed by atoms with E-state index >= 15 is 0 Å². The van der Waals surface area contributed by atoms with Crippen LogP contribution >= 0.6 is 0 Å². The highest BCUT2D eigenvalue weighted by atomic mass is 16.5. The Hall–Kier alpha value is -3.09. The van der Waals surface area contributed by atoms with E-state index in [2.05, 4.69) is 10.3 Å². The molecule has 1 atom stereocenters. The summed E-state index contributed by atoms with van der Waals surface area (Å²) in [5.41, 5.74) is 1.43. The number of carboxylic acid groups (broad SMARTS) is 1. The predicted molar refractivity (Wildman–Crippen MR) is 128 cm³/mol. The van der Waals surface area contributed by atoms with Gasteiger partial charge in [0.15, 0.2) is 0 Å². The molecule has 32 heavy (non-hydrogen) atoms. The van der Waals surface area contributed by atoms with Gasteiger partial charge in [-0.05, 0) is 41.7 Å². The van der Waals surface area contributed by atoms with Gasteiger partial charge in [-0.2, -0.15) is 0 Å². The predicted octanol–water partition coefficient (Wildman–Crippen LogP) is 4.58. The number of hydrogen-bond donors (Lipinski definition) is 2. The molecule has 0 aliphatic carbocycles. The summed E-state index contributed by atoms with van der Waals surface area (Å²) in [6.07, 6.45) is 1.97. The molecule has 1 unspecified atom stereocenters. The third-order valence-electron chi connectivity index (χ3n) is 5.15. The van der Waals surface area contributed by atoms with Gasteiger partial charge in [0.25, 0.3) is 0 Å². The molecule has 2 rings (SSSR count). The van der Waals surface area contributed by atoms with E-state index in [1.807, 2.05) is 46.8 Å². The zero-order valence-corrected chi connectivity index (χ0v) is 20.1. The van der Waals surface area contributed by atoms with Crippen LogP contribution in [0.4, 0.5) is 11.5 Å². The van der Waals surface area contributed by atoms with Crippen LogP contribution < -0.4 is 15.0 Å². The first-order valence-corrected chi connectivity index (χ1v) is 10.8. The van der Waals surface area contributed by atoms with Gasteiger partial charge in [-0.1, -0.05) is 46.8 Å². The molecule has 7 heteroatoms. The third kappa shape index (κ3) is 6.22. The highest BCUT2D eigenvalue weighted by molar-refractivity contribution is 5.98. The molecule has 0 bridgehead atoms. The Bertz CT molecular complexity index is 933. The van der Waals surface area contributed by atoms with Crippen LogP contribution in [0.3, 0.4) is 0 Å². The SMILES string of the molecule is CNc1ccc(CC(C(=O)O)c2ccc(OC)c(N(CC(C)C)C(=O)C(C)(C)C)c2)cn1. The van der Waals surface area contributed by atoms with Crippen molar-refractivity contribution >= 4 is 23.4 Å². The van der Waals surface area contributed by atoms with Crippen molar-refractivity contribution in [3.05, 3.63) is 47.7 Å². The number of hydrogen-bond acceptors (Lipinski definition) is 5. The van der Waals surface area contributed by atoms with Crippen molar-refractivity contribution in [2.75, 3.05) is 30.9 Å². The number of rotatable bonds is 9. The topological polar surface area (TPSA) is 91.8 Å². The van der Waals surface area contributed by atoms with Crippen LogP contribution in [0.25, 0.3) is 0 Å². The summed E-state index contributed by atoms with van der Waals surface area (Å²) < 4.78 is 5.55. The van der Waals surface area contributed by atoms with E-state index < -0.39 is 17.3 Å². The zero-order chi connectivity index (χ0) is 24.1. The maximum atomic E-state index is 13.3. The Morgan fingerprint density at radius 3 is 2.34 bits per heavy atom. The number of carboxylic acids is 1. The lowest BCUT2D eigenvalue weighted by Crippen LogP contribution is -2.42. The van der Waals surface area contributed by atoms with E-state index in [4.69, 9.17) is 4.74 Å². The molecule has 0 saturated heterocycles. The molecule has 2 aromatic rings. The van der Waals surface area contributed by atoms with Crippen LogP contribution in [0.2, 0.25) is 0 Å². The van der Waals surface area contributed by atoms with Crippen molar-refractivity contribution in [2.45, 2.75) is 47.0 Å². The standard InChI is InChI=1S/C25H35N3O4/c1-16(2)15-28(24(31)25(3,4)5)20-13-18(9-10-21(20)32-7)19(23(29)30)12-17-8-11-22(26-6)27-14-17/h8-11,13-14,16,19H,12,15H2,1-7H3,(H,26,27)(H,29,30). The number of benzene rings is 1. The lowest BCUT2D eigenvalue weighted by molar-refractivity contribution is -0.138. The molecule has 1 heterocycles. The summed E-state index contributed by atoms with van der Waals surface area (Å²) in [4.78, 5) is 31.5. The van der Waals surface area contributed by atoms with Gasteiger partial charge in [-0.3, -0.25) is 9.59 Å². The molecular weight excluding hydrogens is 406 g/mol. The molecule has 1 amide bonds. The summed E-state index contributed by atoms with van der Waals surface area (Å²) >= 11 is 0. The second-order valence-electron chi connectivity index (χ2n) is 9.39. The molecule has 174 valence electrons. The van der Waals surface area contributed by atoms with Crippen molar-refractivity contribution in [3.8, 4) is 5.75 Å². The highest BCUT2D eigenvalue weighted by Crippen LogP contribution is 2.36. The Balaban J connectivity index is 2.51. The fraction of sp³-hybridized carbons (Fsp3) is 0.480. The Labute approximate surface area is 190 Å². The third-order valence-corrected chi connectivity index (χ3v) is 5.15. The first kappa shape index (κ1) is 25.2. The highest BCUT2D eigenvalue weighted by Gasteiger charge is 2.31. The number of aliphatic carboxylic acids is 1. The van der Waals surface area contributed by atoms with Gasteiger partial charge in [0.1, 0.15) is 11.6 Å². The van der Waals surface area contributed by atoms with Crippen molar-refractivity contribution in [2.24, 2.45) is 11.3 Å². The fourth-order valence-corrected chi connectivity index (χ4v) is 3.47. The van der Waals surface area contributed by atoms with Crippen LogP contribution in [-0.4, -0.2) is 42.7 Å². The van der Waals surface area contributed by atoms with E-state index in [9.17, 15) is 14.7 Å². The zero-order valence-electron chi connectivity index (χ0n) is 20.1. The Kier molecular flexibility index (Phi) is 8.25. The molecule has 0 fully saturated rings. The number of nitrogens with zero attached hydrogens (tertiary/aromatic N) is 2. The number of ether oxygens (including phenoxy) is 1. The minimum atomic E-state index is -0.934. The average Bonchev–Trinajstić information content (AvgIpc) is 2.74. The van der Waals surface area contributed by atoms with Crippen LogP contribution in [0.1, 0.15) is 51.7 Å². The molecule has 1 aromatic carbocycles. The summed E-state index contributed by atoms with van der Waals surface area (Å²) in [5, 5.41) is 12.9. The molecule has 0 aliphatic heterocycles. The van der Waals surface area contributed by atoms with Gasteiger partial charge < -0.3 is 20.1 Å². The van der Waals surface area contributed by atoms with Crippen molar-refractivity contribution in [1.29, 1.82) is 0 Å². The van der Waals surface area contributed by atoms with Crippen LogP contribution in [0.15, 0.2) is 36.5 Å². The second-order valence-corrected chi connectivity index (χ2v) is 9.39. The lowest BCUT2D eigenvalue weighted by Gasteiger charge is -2.32. The van der Waals surface area contributed by atoms with Crippen LogP contribution in [-0.2, 0) is 16.0 Å².